The quantitative estimate of drug-likeness (QED) is 0.401. The molecule has 1 fully saturated rings. The summed E-state index contributed by atoms with van der Waals surface area (Å²) in [6.45, 7) is 20.4. The fourth-order valence-electron chi connectivity index (χ4n) is 5.06. The molecule has 3 heteroatoms. The van der Waals surface area contributed by atoms with Crippen LogP contribution in [-0.4, -0.2) is 25.1 Å². The SMILES string of the molecule is CC(C)c1cccc(C(C)C)c1N1CCN(c2c(C(C)C)cccc2C(C)C)C1CCl. The predicted octanol–water partition coefficient (Wildman–Crippen LogP) is 8.07. The van der Waals surface area contributed by atoms with Crippen molar-refractivity contribution in [1.82, 2.24) is 0 Å². The monoisotopic (exact) mass is 440 g/mol. The van der Waals surface area contributed by atoms with Gasteiger partial charge in [-0.2, -0.15) is 0 Å². The highest BCUT2D eigenvalue weighted by atomic mass is 35.5. The molecule has 170 valence electrons. The van der Waals surface area contributed by atoms with Crippen LogP contribution in [-0.2, 0) is 0 Å². The summed E-state index contributed by atoms with van der Waals surface area (Å²) in [6.07, 6.45) is 0.163. The first-order valence-electron chi connectivity index (χ1n) is 12.0. The van der Waals surface area contributed by atoms with Gasteiger partial charge in [-0.05, 0) is 45.9 Å². The Morgan fingerprint density at radius 2 is 0.935 bits per heavy atom. The van der Waals surface area contributed by atoms with Crippen molar-refractivity contribution >= 4 is 23.0 Å². The zero-order chi connectivity index (χ0) is 22.9. The maximum Gasteiger partial charge on any atom is 0.115 e. The predicted molar refractivity (Wildman–Crippen MR) is 138 cm³/mol. The molecule has 0 aromatic heterocycles. The van der Waals surface area contributed by atoms with Crippen molar-refractivity contribution in [3.8, 4) is 0 Å². The highest BCUT2D eigenvalue weighted by Crippen LogP contribution is 2.42. The summed E-state index contributed by atoms with van der Waals surface area (Å²) >= 11 is 6.74. The van der Waals surface area contributed by atoms with Gasteiger partial charge < -0.3 is 9.80 Å². The van der Waals surface area contributed by atoms with Gasteiger partial charge in [-0.3, -0.25) is 0 Å². The first-order valence-corrected chi connectivity index (χ1v) is 12.6. The Kier molecular flexibility index (Phi) is 7.63. The number of para-hydroxylation sites is 2. The van der Waals surface area contributed by atoms with Gasteiger partial charge in [-0.15, -0.1) is 11.6 Å². The molecule has 1 aliphatic rings. The summed E-state index contributed by atoms with van der Waals surface area (Å²) < 4.78 is 0. The van der Waals surface area contributed by atoms with Crippen molar-refractivity contribution in [2.24, 2.45) is 0 Å². The Morgan fingerprint density at radius 1 is 0.645 bits per heavy atom. The maximum atomic E-state index is 6.74. The first-order chi connectivity index (χ1) is 14.7. The van der Waals surface area contributed by atoms with E-state index in [4.69, 9.17) is 11.6 Å². The van der Waals surface area contributed by atoms with Crippen molar-refractivity contribution in [3.05, 3.63) is 58.7 Å². The Labute approximate surface area is 195 Å². The van der Waals surface area contributed by atoms with E-state index in [1.54, 1.807) is 0 Å². The topological polar surface area (TPSA) is 6.48 Å². The molecular formula is C28H41ClN2. The Balaban J connectivity index is 2.15. The van der Waals surface area contributed by atoms with Gasteiger partial charge in [0.15, 0.2) is 0 Å². The van der Waals surface area contributed by atoms with Crippen LogP contribution in [0.25, 0.3) is 0 Å². The number of hydrogen-bond donors (Lipinski definition) is 0. The van der Waals surface area contributed by atoms with E-state index in [1.165, 1.54) is 33.6 Å². The summed E-state index contributed by atoms with van der Waals surface area (Å²) in [4.78, 5) is 5.19. The minimum Gasteiger partial charge on any atom is -0.348 e. The minimum absolute atomic E-state index is 0.163. The highest BCUT2D eigenvalue weighted by Gasteiger charge is 2.36. The molecule has 2 aromatic carbocycles. The number of nitrogens with zero attached hydrogens (tertiary/aromatic N) is 2. The van der Waals surface area contributed by atoms with Crippen LogP contribution in [0.5, 0.6) is 0 Å². The van der Waals surface area contributed by atoms with Gasteiger partial charge in [0.25, 0.3) is 0 Å². The van der Waals surface area contributed by atoms with Crippen LogP contribution in [0.1, 0.15) is 101 Å². The van der Waals surface area contributed by atoms with Gasteiger partial charge in [0.2, 0.25) is 0 Å². The molecule has 0 atom stereocenters. The molecule has 0 aliphatic carbocycles. The summed E-state index contributed by atoms with van der Waals surface area (Å²) in [5.41, 5.74) is 8.56. The van der Waals surface area contributed by atoms with E-state index in [0.717, 1.165) is 13.1 Å². The molecule has 0 unspecified atom stereocenters. The van der Waals surface area contributed by atoms with E-state index in [-0.39, 0.29) is 6.17 Å². The lowest BCUT2D eigenvalue weighted by Crippen LogP contribution is -2.42. The minimum atomic E-state index is 0.163. The Bertz CT molecular complexity index is 761. The summed E-state index contributed by atoms with van der Waals surface area (Å²) in [5, 5.41) is 0. The van der Waals surface area contributed by atoms with Crippen molar-refractivity contribution in [2.45, 2.75) is 85.2 Å². The van der Waals surface area contributed by atoms with Crippen LogP contribution in [0, 0.1) is 0 Å². The molecule has 0 bridgehead atoms. The van der Waals surface area contributed by atoms with Gasteiger partial charge in [0.05, 0.1) is 5.88 Å². The second kappa shape index (κ2) is 9.86. The number of alkyl halides is 1. The highest BCUT2D eigenvalue weighted by molar-refractivity contribution is 6.18. The van der Waals surface area contributed by atoms with Crippen LogP contribution in [0.15, 0.2) is 36.4 Å². The van der Waals surface area contributed by atoms with Crippen molar-refractivity contribution in [1.29, 1.82) is 0 Å². The third kappa shape index (κ3) is 4.60. The maximum absolute atomic E-state index is 6.74. The van der Waals surface area contributed by atoms with Gasteiger partial charge in [-0.1, -0.05) is 91.8 Å². The normalized spacial score (nSPS) is 15.4. The molecule has 1 saturated heterocycles. The number of benzene rings is 2. The number of hydrogen-bond acceptors (Lipinski definition) is 2. The lowest BCUT2D eigenvalue weighted by Gasteiger charge is -2.37. The van der Waals surface area contributed by atoms with Crippen molar-refractivity contribution < 1.29 is 0 Å². The van der Waals surface area contributed by atoms with E-state index in [1.807, 2.05) is 0 Å². The molecule has 0 spiro atoms. The molecule has 31 heavy (non-hydrogen) atoms. The molecule has 2 nitrogen and oxygen atoms in total. The zero-order valence-corrected chi connectivity index (χ0v) is 21.5. The van der Waals surface area contributed by atoms with Crippen LogP contribution in [0.2, 0.25) is 0 Å². The first kappa shape index (κ1) is 24.0. The lowest BCUT2D eigenvalue weighted by molar-refractivity contribution is 0.704. The summed E-state index contributed by atoms with van der Waals surface area (Å²) in [7, 11) is 0. The second-order valence-electron chi connectivity index (χ2n) is 10.2. The summed E-state index contributed by atoms with van der Waals surface area (Å²) in [5.74, 6) is 2.51. The fraction of sp³-hybridized carbons (Fsp3) is 0.571. The summed E-state index contributed by atoms with van der Waals surface area (Å²) in [6, 6.07) is 13.7. The van der Waals surface area contributed by atoms with Gasteiger partial charge in [-0.25, -0.2) is 0 Å². The molecule has 0 radical (unpaired) electrons. The van der Waals surface area contributed by atoms with E-state index >= 15 is 0 Å². The average molecular weight is 441 g/mol. The molecule has 1 heterocycles. The van der Waals surface area contributed by atoms with Crippen LogP contribution in [0.4, 0.5) is 11.4 Å². The van der Waals surface area contributed by atoms with Crippen LogP contribution in [0.3, 0.4) is 0 Å². The molecule has 0 amide bonds. The number of halogens is 1. The number of rotatable bonds is 7. The fourth-order valence-corrected chi connectivity index (χ4v) is 5.39. The third-order valence-electron chi connectivity index (χ3n) is 6.70. The Hall–Kier alpha value is -1.67. The lowest BCUT2D eigenvalue weighted by atomic mass is 9.91. The molecule has 0 saturated carbocycles. The molecular weight excluding hydrogens is 400 g/mol. The van der Waals surface area contributed by atoms with Gasteiger partial charge in [0, 0.05) is 24.5 Å². The van der Waals surface area contributed by atoms with E-state index < -0.39 is 0 Å². The second-order valence-corrected chi connectivity index (χ2v) is 10.5. The van der Waals surface area contributed by atoms with Crippen molar-refractivity contribution in [3.63, 3.8) is 0 Å². The zero-order valence-electron chi connectivity index (χ0n) is 20.7. The average Bonchev–Trinajstić information content (AvgIpc) is 3.15. The van der Waals surface area contributed by atoms with Gasteiger partial charge >= 0.3 is 0 Å². The standard InChI is InChI=1S/C28H41ClN2/c1-18(2)22-11-9-12-23(19(3)4)27(22)30-15-16-31(26(30)17-29)28-24(20(5)6)13-10-14-25(28)21(7)8/h9-14,18-21,26H,15-17H2,1-8H3. The van der Waals surface area contributed by atoms with Crippen molar-refractivity contribution in [2.75, 3.05) is 28.8 Å². The van der Waals surface area contributed by atoms with Crippen LogP contribution >= 0.6 is 11.6 Å². The molecule has 2 aromatic rings. The van der Waals surface area contributed by atoms with E-state index in [0.29, 0.717) is 29.6 Å². The number of anilines is 2. The molecule has 3 rings (SSSR count). The van der Waals surface area contributed by atoms with Crippen LogP contribution < -0.4 is 9.80 Å². The molecule has 1 aliphatic heterocycles. The van der Waals surface area contributed by atoms with Gasteiger partial charge in [0.1, 0.15) is 6.17 Å². The molecule has 0 N–H and O–H groups in total. The third-order valence-corrected chi connectivity index (χ3v) is 6.97. The smallest absolute Gasteiger partial charge is 0.115 e. The van der Waals surface area contributed by atoms with E-state index in [9.17, 15) is 0 Å². The van der Waals surface area contributed by atoms with E-state index in [2.05, 4.69) is 102 Å². The Morgan fingerprint density at radius 3 is 1.16 bits per heavy atom. The largest absolute Gasteiger partial charge is 0.348 e.